The van der Waals surface area contributed by atoms with E-state index in [0.29, 0.717) is 0 Å². The number of guanidine groups is 1. The van der Waals surface area contributed by atoms with Crippen molar-refractivity contribution in [2.24, 2.45) is 10.8 Å². The number of thiocarbonyl (C=S) groups is 1. The molecule has 0 aliphatic rings. The Kier molecular flexibility index (Phi) is 3.65. The molecule has 3 N–H and O–H groups in total. The molecule has 0 aliphatic heterocycles. The monoisotopic (exact) mass is 180 g/mol. The van der Waals surface area contributed by atoms with Crippen LogP contribution in [0.4, 0.5) is 0 Å². The van der Waals surface area contributed by atoms with E-state index in [2.05, 4.69) is 35.3 Å². The van der Waals surface area contributed by atoms with Gasteiger partial charge in [0.1, 0.15) is 9.42 Å². The fourth-order valence-electron chi connectivity index (χ4n) is 0.223. The van der Waals surface area contributed by atoms with Crippen molar-refractivity contribution in [3.05, 3.63) is 10.1 Å². The first-order chi connectivity index (χ1) is 4.52. The second kappa shape index (κ2) is 4.01. The largest absolute Gasteiger partial charge is 0.364 e. The lowest BCUT2D eigenvalue weighted by Gasteiger charge is -1.94. The number of thiol groups is 1. The Balaban J connectivity index is 3.95. The number of nitrogens with one attached hydrogen (secondary N) is 1. The summed E-state index contributed by atoms with van der Waals surface area (Å²) >= 11 is 7.99. The van der Waals surface area contributed by atoms with Crippen molar-refractivity contribution in [2.45, 2.75) is 0 Å². The van der Waals surface area contributed by atoms with Gasteiger partial charge < -0.3 is 11.1 Å². The molecule has 0 aromatic carbocycles. The van der Waals surface area contributed by atoms with Crippen molar-refractivity contribution in [1.82, 2.24) is 5.32 Å². The van der Waals surface area contributed by atoms with Gasteiger partial charge in [-0.3, -0.25) is 0 Å². The number of nitrogens with zero attached hydrogens (tertiary/aromatic N) is 2. The van der Waals surface area contributed by atoms with Crippen LogP contribution in [0.2, 0.25) is 0 Å². The highest BCUT2D eigenvalue weighted by atomic mass is 32.1. The molecule has 0 saturated heterocycles. The summed E-state index contributed by atoms with van der Waals surface area (Å²) in [7, 11) is 0. The second-order valence-electron chi connectivity index (χ2n) is 1.15. The van der Waals surface area contributed by atoms with Gasteiger partial charge in [-0.2, -0.15) is 0 Å². The predicted octanol–water partition coefficient (Wildman–Crippen LogP) is -0.703. The van der Waals surface area contributed by atoms with E-state index in [0.717, 1.165) is 0 Å². The van der Waals surface area contributed by atoms with Gasteiger partial charge in [-0.05, 0) is 0 Å². The molecular formula is C2H4N4O2S2. The van der Waals surface area contributed by atoms with Crippen molar-refractivity contribution in [3.63, 3.8) is 0 Å². The van der Waals surface area contributed by atoms with Crippen LogP contribution in [-0.2, 0) is 0 Å². The first-order valence-corrected chi connectivity index (χ1v) is 2.86. The maximum absolute atomic E-state index is 9.62. The number of hydrogen-bond acceptors (Lipinski definition) is 3. The molecule has 0 spiro atoms. The van der Waals surface area contributed by atoms with E-state index < -0.39 is 5.03 Å². The Labute approximate surface area is 67.0 Å². The van der Waals surface area contributed by atoms with Crippen LogP contribution in [0.25, 0.3) is 0 Å². The summed E-state index contributed by atoms with van der Waals surface area (Å²) in [5, 5.41) is 13.5. The molecule has 0 amide bonds. The van der Waals surface area contributed by atoms with Gasteiger partial charge in [-0.15, -0.1) is 12.6 Å². The Hall–Kier alpha value is -0.890. The minimum Gasteiger partial charge on any atom is -0.364 e. The average molecular weight is 180 g/mol. The summed E-state index contributed by atoms with van der Waals surface area (Å²) in [4.78, 5) is 9.62. The van der Waals surface area contributed by atoms with Gasteiger partial charge in [-0.1, -0.05) is 12.2 Å². The summed E-state index contributed by atoms with van der Waals surface area (Å²) in [6.45, 7) is 0. The lowest BCUT2D eigenvalue weighted by molar-refractivity contribution is -0.485. The average Bonchev–Trinajstić information content (AvgIpc) is 1.58. The highest BCUT2D eigenvalue weighted by Gasteiger charge is 1.97. The first kappa shape index (κ1) is 9.11. The number of hydrogen-bond donors (Lipinski definition) is 3. The van der Waals surface area contributed by atoms with Crippen LogP contribution >= 0.6 is 24.8 Å². The number of nitro groups is 1. The van der Waals surface area contributed by atoms with Gasteiger partial charge in [0.05, 0.1) is 0 Å². The minimum atomic E-state index is -0.936. The van der Waals surface area contributed by atoms with Crippen LogP contribution in [-0.4, -0.2) is 15.3 Å². The third-order valence-corrected chi connectivity index (χ3v) is 0.638. The third-order valence-electron chi connectivity index (χ3n) is 0.424. The maximum Gasteiger partial charge on any atom is 0.271 e. The van der Waals surface area contributed by atoms with Crippen molar-refractivity contribution in [2.75, 3.05) is 0 Å². The molecule has 0 bridgehead atoms. The van der Waals surface area contributed by atoms with Gasteiger partial charge in [-0.25, -0.2) is 10.1 Å². The molecule has 0 radical (unpaired) electrons. The van der Waals surface area contributed by atoms with Crippen molar-refractivity contribution < 1.29 is 5.03 Å². The minimum absolute atomic E-state index is 0.0306. The van der Waals surface area contributed by atoms with E-state index in [1.807, 2.05) is 0 Å². The summed E-state index contributed by atoms with van der Waals surface area (Å²) in [6, 6.07) is 0. The zero-order valence-corrected chi connectivity index (χ0v) is 6.35. The van der Waals surface area contributed by atoms with Crippen LogP contribution < -0.4 is 11.1 Å². The Bertz CT molecular complexity index is 190. The fraction of sp³-hybridized carbons (Fsp3) is 0. The van der Waals surface area contributed by atoms with Crippen molar-refractivity contribution in [3.8, 4) is 0 Å². The normalized spacial score (nSPS) is 10.7. The molecular weight excluding hydrogens is 176 g/mol. The van der Waals surface area contributed by atoms with Crippen molar-refractivity contribution >= 4 is 35.1 Å². The summed E-state index contributed by atoms with van der Waals surface area (Å²) in [5.74, 6) is -0.384. The van der Waals surface area contributed by atoms with Gasteiger partial charge in [0.2, 0.25) is 0 Å². The first-order valence-electron chi connectivity index (χ1n) is 2.01. The molecule has 0 rings (SSSR count). The number of hydrazone groups is 1. The molecule has 0 fully saturated rings. The lowest BCUT2D eigenvalue weighted by atomic mass is 11.0. The zero-order valence-electron chi connectivity index (χ0n) is 4.64. The van der Waals surface area contributed by atoms with Crippen LogP contribution in [0.5, 0.6) is 0 Å². The highest BCUT2D eigenvalue weighted by molar-refractivity contribution is 8.11. The van der Waals surface area contributed by atoms with Crippen LogP contribution in [0.15, 0.2) is 5.10 Å². The third kappa shape index (κ3) is 5.25. The lowest BCUT2D eigenvalue weighted by Crippen LogP contribution is -2.33. The SMILES string of the molecule is N/C(=N/[N+](=O)[O-])NC(=S)S. The Morgan fingerprint density at radius 3 is 2.70 bits per heavy atom. The topological polar surface area (TPSA) is 93.5 Å². The summed E-state index contributed by atoms with van der Waals surface area (Å²) < 4.78 is 0.0306. The van der Waals surface area contributed by atoms with E-state index in [1.54, 1.807) is 0 Å². The Morgan fingerprint density at radius 2 is 2.40 bits per heavy atom. The summed E-state index contributed by atoms with van der Waals surface area (Å²) in [5.41, 5.74) is 4.94. The summed E-state index contributed by atoms with van der Waals surface area (Å²) in [6.07, 6.45) is 0. The fourth-order valence-corrected chi connectivity index (χ4v) is 0.442. The van der Waals surface area contributed by atoms with Gasteiger partial charge in [0, 0.05) is 0 Å². The molecule has 0 aromatic rings. The number of nitrogens with two attached hydrogens (primary N) is 1. The zero-order chi connectivity index (χ0) is 8.15. The Morgan fingerprint density at radius 1 is 1.90 bits per heavy atom. The second-order valence-corrected chi connectivity index (χ2v) is 2.31. The molecule has 6 nitrogen and oxygen atoms in total. The van der Waals surface area contributed by atoms with E-state index in [4.69, 9.17) is 5.73 Å². The number of rotatable bonds is 1. The predicted molar refractivity (Wildman–Crippen MR) is 43.3 cm³/mol. The molecule has 10 heavy (non-hydrogen) atoms. The highest BCUT2D eigenvalue weighted by Crippen LogP contribution is 1.76. The molecule has 0 aromatic heterocycles. The van der Waals surface area contributed by atoms with E-state index >= 15 is 0 Å². The van der Waals surface area contributed by atoms with Crippen LogP contribution in [0.1, 0.15) is 0 Å². The molecule has 8 heteroatoms. The van der Waals surface area contributed by atoms with Crippen LogP contribution in [0.3, 0.4) is 0 Å². The van der Waals surface area contributed by atoms with Crippen LogP contribution in [0, 0.1) is 10.1 Å². The smallest absolute Gasteiger partial charge is 0.271 e. The van der Waals surface area contributed by atoms with Crippen molar-refractivity contribution in [1.29, 1.82) is 0 Å². The van der Waals surface area contributed by atoms with Gasteiger partial charge in [0.25, 0.3) is 5.96 Å². The molecule has 0 unspecified atom stereocenters. The molecule has 56 valence electrons. The van der Waals surface area contributed by atoms with E-state index in [9.17, 15) is 10.1 Å². The van der Waals surface area contributed by atoms with Gasteiger partial charge in [0.15, 0.2) is 5.03 Å². The van der Waals surface area contributed by atoms with E-state index in [-0.39, 0.29) is 10.3 Å². The molecule has 0 heterocycles. The standard InChI is InChI=1S/C2H4N4O2S2/c3-1(4-2(9)10)5-6(7)8/h(H4,3,4,5,9,10). The maximum atomic E-state index is 9.62. The van der Waals surface area contributed by atoms with Gasteiger partial charge >= 0.3 is 0 Å². The quantitative estimate of drug-likeness (QED) is 0.124. The molecule has 0 saturated carbocycles. The molecule has 0 aliphatic carbocycles. The van der Waals surface area contributed by atoms with E-state index in [1.165, 1.54) is 0 Å². The molecule has 0 atom stereocenters.